The lowest BCUT2D eigenvalue weighted by molar-refractivity contribution is 0.0894. The van der Waals surface area contributed by atoms with Crippen LogP contribution in [-0.4, -0.2) is 16.6 Å². The van der Waals surface area contributed by atoms with E-state index in [0.29, 0.717) is 5.56 Å². The van der Waals surface area contributed by atoms with Crippen molar-refractivity contribution in [3.05, 3.63) is 64.7 Å². The molecule has 19 heavy (non-hydrogen) atoms. The van der Waals surface area contributed by atoms with Crippen molar-refractivity contribution in [2.75, 3.05) is 0 Å². The van der Waals surface area contributed by atoms with Crippen LogP contribution in [-0.2, 0) is 0 Å². The van der Waals surface area contributed by atoms with Gasteiger partial charge in [0, 0.05) is 23.5 Å². The van der Waals surface area contributed by atoms with Gasteiger partial charge in [0.25, 0.3) is 0 Å². The van der Waals surface area contributed by atoms with Crippen molar-refractivity contribution in [3.8, 4) is 0 Å². The Morgan fingerprint density at radius 1 is 1.21 bits per heavy atom. The lowest BCUT2D eigenvalue weighted by Crippen LogP contribution is -2.09. The first-order valence-electron chi connectivity index (χ1n) is 5.49. The monoisotopic (exact) mass is 277 g/mol. The number of carbonyl (C=O) groups excluding carboxylic acids is 2. The maximum atomic E-state index is 12.9. The summed E-state index contributed by atoms with van der Waals surface area (Å²) in [6, 6.07) is 6.64. The van der Waals surface area contributed by atoms with Crippen LogP contribution >= 0.6 is 11.6 Å². The highest BCUT2D eigenvalue weighted by molar-refractivity contribution is 6.34. The van der Waals surface area contributed by atoms with Crippen LogP contribution in [0.25, 0.3) is 0 Å². The van der Waals surface area contributed by atoms with E-state index < -0.39 is 11.6 Å². The number of nitrogens with zero attached hydrogens (tertiary/aromatic N) is 1. The molecule has 0 unspecified atom stereocenters. The van der Waals surface area contributed by atoms with Crippen LogP contribution in [0.1, 0.15) is 27.1 Å². The van der Waals surface area contributed by atoms with Crippen molar-refractivity contribution >= 4 is 23.2 Å². The van der Waals surface area contributed by atoms with Crippen LogP contribution in [0.4, 0.5) is 4.39 Å². The molecule has 0 amide bonds. The smallest absolute Gasteiger partial charge is 0.172 e. The molecule has 3 nitrogen and oxygen atoms in total. The Balaban J connectivity index is 2.15. The first-order valence-corrected chi connectivity index (χ1v) is 5.87. The highest BCUT2D eigenvalue weighted by Crippen LogP contribution is 2.19. The first kappa shape index (κ1) is 13.4. The molecule has 5 heteroatoms. The fraction of sp³-hybridized carbons (Fsp3) is 0.0714. The summed E-state index contributed by atoms with van der Waals surface area (Å²) in [5, 5.41) is 0.00369. The number of rotatable bonds is 4. The van der Waals surface area contributed by atoms with Crippen molar-refractivity contribution < 1.29 is 14.0 Å². The molecule has 0 aliphatic heterocycles. The topological polar surface area (TPSA) is 47.0 Å². The van der Waals surface area contributed by atoms with Gasteiger partial charge in [-0.2, -0.15) is 0 Å². The van der Waals surface area contributed by atoms with Crippen LogP contribution in [0.2, 0.25) is 5.02 Å². The van der Waals surface area contributed by atoms with Crippen molar-refractivity contribution in [2.24, 2.45) is 0 Å². The predicted octanol–water partition coefficient (Wildman–Crippen LogP) is 3.33. The van der Waals surface area contributed by atoms with Gasteiger partial charge in [-0.25, -0.2) is 4.39 Å². The zero-order chi connectivity index (χ0) is 13.8. The molecular formula is C14H9ClFNO2. The molecule has 0 aliphatic rings. The number of halogens is 2. The molecule has 0 bridgehead atoms. The summed E-state index contributed by atoms with van der Waals surface area (Å²) in [5.74, 6) is -1.32. The Hall–Kier alpha value is -2.07. The first-order chi connectivity index (χ1) is 9.08. The van der Waals surface area contributed by atoms with E-state index >= 15 is 0 Å². The van der Waals surface area contributed by atoms with E-state index in [4.69, 9.17) is 11.6 Å². The van der Waals surface area contributed by atoms with Crippen molar-refractivity contribution in [1.29, 1.82) is 0 Å². The third kappa shape index (κ3) is 3.23. The Bertz CT molecular complexity index is 629. The van der Waals surface area contributed by atoms with Gasteiger partial charge in [-0.05, 0) is 30.3 Å². The number of hydrogen-bond donors (Lipinski definition) is 0. The Labute approximate surface area is 114 Å². The second-order valence-corrected chi connectivity index (χ2v) is 4.30. The maximum Gasteiger partial charge on any atom is 0.172 e. The minimum Gasteiger partial charge on any atom is -0.294 e. The molecule has 1 aromatic heterocycles. The molecule has 0 atom stereocenters. The molecule has 0 saturated heterocycles. The van der Waals surface area contributed by atoms with Gasteiger partial charge in [-0.15, -0.1) is 0 Å². The summed E-state index contributed by atoms with van der Waals surface area (Å²) in [5.41, 5.74) is 0.495. The fourth-order valence-corrected chi connectivity index (χ4v) is 1.86. The van der Waals surface area contributed by atoms with E-state index in [0.717, 1.165) is 12.1 Å². The fourth-order valence-electron chi connectivity index (χ4n) is 1.59. The summed E-state index contributed by atoms with van der Waals surface area (Å²) in [4.78, 5) is 27.5. The van der Waals surface area contributed by atoms with Gasteiger partial charge in [0.1, 0.15) is 5.82 Å². The second-order valence-electron chi connectivity index (χ2n) is 3.89. The zero-order valence-corrected chi connectivity index (χ0v) is 10.5. The average molecular weight is 278 g/mol. The van der Waals surface area contributed by atoms with Gasteiger partial charge >= 0.3 is 0 Å². The summed E-state index contributed by atoms with van der Waals surface area (Å²) in [6.45, 7) is 0. The molecule has 2 aromatic rings. The largest absolute Gasteiger partial charge is 0.294 e. The SMILES string of the molecule is O=C(CC(=O)c1ccc(F)cc1Cl)c1cccnc1. The van der Waals surface area contributed by atoms with E-state index in [1.807, 2.05) is 0 Å². The van der Waals surface area contributed by atoms with Gasteiger partial charge in [-0.3, -0.25) is 14.6 Å². The van der Waals surface area contributed by atoms with Crippen LogP contribution in [0.5, 0.6) is 0 Å². The standard InChI is InChI=1S/C14H9ClFNO2/c15-12-6-10(16)3-4-11(12)14(19)7-13(18)9-2-1-5-17-8-9/h1-6,8H,7H2. The average Bonchev–Trinajstić information content (AvgIpc) is 2.39. The Morgan fingerprint density at radius 3 is 2.63 bits per heavy atom. The highest BCUT2D eigenvalue weighted by Gasteiger charge is 2.16. The van der Waals surface area contributed by atoms with Crippen LogP contribution in [0.15, 0.2) is 42.7 Å². The normalized spacial score (nSPS) is 10.2. The van der Waals surface area contributed by atoms with Gasteiger partial charge in [0.15, 0.2) is 11.6 Å². The number of pyridine rings is 1. The molecule has 2 rings (SSSR count). The molecule has 0 spiro atoms. The molecule has 0 fully saturated rings. The summed E-state index contributed by atoms with van der Waals surface area (Å²) in [6.07, 6.45) is 2.61. The van der Waals surface area contributed by atoms with Crippen molar-refractivity contribution in [2.45, 2.75) is 6.42 Å². The van der Waals surface area contributed by atoms with Crippen molar-refractivity contribution in [1.82, 2.24) is 4.98 Å². The molecule has 1 aromatic carbocycles. The molecule has 1 heterocycles. The molecule has 96 valence electrons. The van der Waals surface area contributed by atoms with E-state index in [-0.39, 0.29) is 22.8 Å². The summed E-state index contributed by atoms with van der Waals surface area (Å²) >= 11 is 5.77. The van der Waals surface area contributed by atoms with E-state index in [1.54, 1.807) is 12.1 Å². The van der Waals surface area contributed by atoms with E-state index in [2.05, 4.69) is 4.98 Å². The molecular weight excluding hydrogens is 269 g/mol. The van der Waals surface area contributed by atoms with Gasteiger partial charge < -0.3 is 0 Å². The van der Waals surface area contributed by atoms with Gasteiger partial charge in [0.05, 0.1) is 11.4 Å². The predicted molar refractivity (Wildman–Crippen MR) is 68.9 cm³/mol. The Kier molecular flexibility index (Phi) is 4.02. The quantitative estimate of drug-likeness (QED) is 0.636. The van der Waals surface area contributed by atoms with Crippen LogP contribution < -0.4 is 0 Å². The maximum absolute atomic E-state index is 12.9. The summed E-state index contributed by atoms with van der Waals surface area (Å²) < 4.78 is 12.9. The second kappa shape index (κ2) is 5.71. The molecule has 0 aliphatic carbocycles. The molecule has 0 N–H and O–H groups in total. The lowest BCUT2D eigenvalue weighted by Gasteiger charge is -2.03. The minimum absolute atomic E-state index is 0.00369. The number of carbonyl (C=O) groups is 2. The minimum atomic E-state index is -0.528. The van der Waals surface area contributed by atoms with Crippen molar-refractivity contribution in [3.63, 3.8) is 0 Å². The number of hydrogen-bond acceptors (Lipinski definition) is 3. The lowest BCUT2D eigenvalue weighted by atomic mass is 10.0. The van der Waals surface area contributed by atoms with E-state index in [1.165, 1.54) is 18.5 Å². The third-order valence-corrected chi connectivity index (χ3v) is 2.85. The highest BCUT2D eigenvalue weighted by atomic mass is 35.5. The number of ketones is 2. The zero-order valence-electron chi connectivity index (χ0n) is 9.77. The van der Waals surface area contributed by atoms with Gasteiger partial charge in [-0.1, -0.05) is 11.6 Å². The number of aromatic nitrogens is 1. The number of Topliss-reactive ketones (excluding diaryl/α,β-unsaturated/α-hetero) is 2. The molecule has 0 saturated carbocycles. The Morgan fingerprint density at radius 2 is 2.00 bits per heavy atom. The van der Waals surface area contributed by atoms with Crippen LogP contribution in [0, 0.1) is 5.82 Å². The van der Waals surface area contributed by atoms with Gasteiger partial charge in [0.2, 0.25) is 0 Å². The molecule has 0 radical (unpaired) electrons. The third-order valence-electron chi connectivity index (χ3n) is 2.54. The van der Waals surface area contributed by atoms with Crippen LogP contribution in [0.3, 0.4) is 0 Å². The van der Waals surface area contributed by atoms with E-state index in [9.17, 15) is 14.0 Å². The summed E-state index contributed by atoms with van der Waals surface area (Å²) in [7, 11) is 0. The number of benzene rings is 1.